The molecule has 1 aromatic rings. The van der Waals surface area contributed by atoms with Crippen LogP contribution in [0.2, 0.25) is 0 Å². The number of carbonyl (C=O) groups is 1. The average Bonchev–Trinajstić information content (AvgIpc) is 2.25. The Bertz CT molecular complexity index is 376. The van der Waals surface area contributed by atoms with Crippen LogP contribution in [-0.4, -0.2) is 25.2 Å². The maximum absolute atomic E-state index is 11.8. The third-order valence-electron chi connectivity index (χ3n) is 1.79. The SMILES string of the molecule is Nc1ccc(OCCNC(=O)C(F)(F)F)cc1. The van der Waals surface area contributed by atoms with Crippen molar-refractivity contribution in [2.75, 3.05) is 18.9 Å². The molecule has 17 heavy (non-hydrogen) atoms. The summed E-state index contributed by atoms with van der Waals surface area (Å²) in [6, 6.07) is 6.37. The van der Waals surface area contributed by atoms with Crippen LogP contribution in [0.1, 0.15) is 0 Å². The first-order chi connectivity index (χ1) is 7.89. The molecule has 0 bridgehead atoms. The summed E-state index contributed by atoms with van der Waals surface area (Å²) in [5.74, 6) is -1.50. The zero-order valence-corrected chi connectivity index (χ0v) is 8.75. The first-order valence-corrected chi connectivity index (χ1v) is 4.73. The van der Waals surface area contributed by atoms with Crippen LogP contribution in [0.3, 0.4) is 0 Å². The zero-order chi connectivity index (χ0) is 12.9. The van der Waals surface area contributed by atoms with Crippen LogP contribution in [0.5, 0.6) is 5.75 Å². The van der Waals surface area contributed by atoms with Gasteiger partial charge in [-0.1, -0.05) is 0 Å². The first kappa shape index (κ1) is 13.1. The molecule has 0 spiro atoms. The Morgan fingerprint density at radius 2 is 1.88 bits per heavy atom. The van der Waals surface area contributed by atoms with Gasteiger partial charge in [-0.15, -0.1) is 0 Å². The fraction of sp³-hybridized carbons (Fsp3) is 0.300. The second-order valence-electron chi connectivity index (χ2n) is 3.17. The predicted molar refractivity (Wildman–Crippen MR) is 55.4 cm³/mol. The second-order valence-corrected chi connectivity index (χ2v) is 3.17. The Balaban J connectivity index is 2.25. The van der Waals surface area contributed by atoms with Gasteiger partial charge in [0.2, 0.25) is 0 Å². The normalized spacial score (nSPS) is 11.0. The summed E-state index contributed by atoms with van der Waals surface area (Å²) in [6.07, 6.45) is -4.86. The highest BCUT2D eigenvalue weighted by Crippen LogP contribution is 2.14. The van der Waals surface area contributed by atoms with Gasteiger partial charge < -0.3 is 15.8 Å². The predicted octanol–water partition coefficient (Wildman–Crippen LogP) is 1.33. The number of hydrogen-bond donors (Lipinski definition) is 2. The topological polar surface area (TPSA) is 64.3 Å². The number of nitrogen functional groups attached to an aromatic ring is 1. The number of benzene rings is 1. The standard InChI is InChI=1S/C10H11F3N2O2/c11-10(12,13)9(16)15-5-6-17-8-3-1-7(14)2-4-8/h1-4H,5-6,14H2,(H,15,16). The Morgan fingerprint density at radius 3 is 2.41 bits per heavy atom. The van der Waals surface area contributed by atoms with Gasteiger partial charge in [0.25, 0.3) is 0 Å². The molecule has 0 aromatic heterocycles. The van der Waals surface area contributed by atoms with Gasteiger partial charge in [-0.2, -0.15) is 13.2 Å². The number of alkyl halides is 3. The van der Waals surface area contributed by atoms with Crippen molar-refractivity contribution in [3.8, 4) is 5.75 Å². The van der Waals surface area contributed by atoms with E-state index in [1.54, 1.807) is 29.6 Å². The molecule has 0 aliphatic rings. The summed E-state index contributed by atoms with van der Waals surface area (Å²) >= 11 is 0. The van der Waals surface area contributed by atoms with Gasteiger partial charge in [-0.25, -0.2) is 0 Å². The number of nitrogens with one attached hydrogen (secondary N) is 1. The van der Waals surface area contributed by atoms with Gasteiger partial charge in [0.15, 0.2) is 0 Å². The molecule has 94 valence electrons. The summed E-state index contributed by atoms with van der Waals surface area (Å²) in [7, 11) is 0. The van der Waals surface area contributed by atoms with E-state index in [1.807, 2.05) is 0 Å². The maximum Gasteiger partial charge on any atom is 0.471 e. The van der Waals surface area contributed by atoms with E-state index in [-0.39, 0.29) is 13.2 Å². The monoisotopic (exact) mass is 248 g/mol. The highest BCUT2D eigenvalue weighted by atomic mass is 19.4. The molecule has 1 rings (SSSR count). The Morgan fingerprint density at radius 1 is 1.29 bits per heavy atom. The van der Waals surface area contributed by atoms with Crippen LogP contribution in [0.15, 0.2) is 24.3 Å². The van der Waals surface area contributed by atoms with E-state index < -0.39 is 12.1 Å². The van der Waals surface area contributed by atoms with Crippen LogP contribution in [0.25, 0.3) is 0 Å². The van der Waals surface area contributed by atoms with E-state index in [4.69, 9.17) is 10.5 Å². The quantitative estimate of drug-likeness (QED) is 0.624. The minimum atomic E-state index is -4.86. The fourth-order valence-corrected chi connectivity index (χ4v) is 0.998. The lowest BCUT2D eigenvalue weighted by Gasteiger charge is -2.09. The lowest BCUT2D eigenvalue weighted by Crippen LogP contribution is -2.38. The number of halogens is 3. The molecule has 0 aliphatic carbocycles. The van der Waals surface area contributed by atoms with Crippen molar-refractivity contribution in [3.63, 3.8) is 0 Å². The number of rotatable bonds is 4. The number of amides is 1. The molecule has 0 saturated carbocycles. The van der Waals surface area contributed by atoms with Crippen LogP contribution in [0.4, 0.5) is 18.9 Å². The van der Waals surface area contributed by atoms with E-state index >= 15 is 0 Å². The molecule has 1 aromatic carbocycles. The lowest BCUT2D eigenvalue weighted by molar-refractivity contribution is -0.173. The summed E-state index contributed by atoms with van der Waals surface area (Å²) in [6.45, 7) is -0.269. The van der Waals surface area contributed by atoms with Gasteiger partial charge in [-0.3, -0.25) is 4.79 Å². The molecular formula is C10H11F3N2O2. The van der Waals surface area contributed by atoms with E-state index in [9.17, 15) is 18.0 Å². The highest BCUT2D eigenvalue weighted by Gasteiger charge is 2.38. The molecular weight excluding hydrogens is 237 g/mol. The van der Waals surface area contributed by atoms with Crippen molar-refractivity contribution in [2.24, 2.45) is 0 Å². The van der Waals surface area contributed by atoms with E-state index in [2.05, 4.69) is 0 Å². The molecule has 0 saturated heterocycles. The minimum Gasteiger partial charge on any atom is -0.492 e. The van der Waals surface area contributed by atoms with Crippen molar-refractivity contribution in [3.05, 3.63) is 24.3 Å². The molecule has 0 unspecified atom stereocenters. The third-order valence-corrected chi connectivity index (χ3v) is 1.79. The van der Waals surface area contributed by atoms with E-state index in [0.29, 0.717) is 11.4 Å². The Kier molecular flexibility index (Phi) is 4.19. The lowest BCUT2D eigenvalue weighted by atomic mass is 10.3. The zero-order valence-electron chi connectivity index (χ0n) is 8.75. The Hall–Kier alpha value is -1.92. The number of ether oxygens (including phenoxy) is 1. The number of carbonyl (C=O) groups excluding carboxylic acids is 1. The van der Waals surface area contributed by atoms with Crippen molar-refractivity contribution >= 4 is 11.6 Å². The smallest absolute Gasteiger partial charge is 0.471 e. The molecule has 0 fully saturated rings. The van der Waals surface area contributed by atoms with Crippen LogP contribution < -0.4 is 15.8 Å². The van der Waals surface area contributed by atoms with Crippen LogP contribution in [0, 0.1) is 0 Å². The average molecular weight is 248 g/mol. The van der Waals surface area contributed by atoms with Crippen LogP contribution >= 0.6 is 0 Å². The van der Waals surface area contributed by atoms with Crippen molar-refractivity contribution < 1.29 is 22.7 Å². The largest absolute Gasteiger partial charge is 0.492 e. The van der Waals surface area contributed by atoms with Gasteiger partial charge in [0, 0.05) is 5.69 Å². The van der Waals surface area contributed by atoms with Gasteiger partial charge in [0.05, 0.1) is 6.54 Å². The van der Waals surface area contributed by atoms with Gasteiger partial charge in [-0.05, 0) is 24.3 Å². The minimum absolute atomic E-state index is 0.0499. The first-order valence-electron chi connectivity index (χ1n) is 4.73. The summed E-state index contributed by atoms with van der Waals surface area (Å²) in [5, 5.41) is 1.69. The third kappa shape index (κ3) is 4.62. The van der Waals surface area contributed by atoms with Crippen molar-refractivity contribution in [1.29, 1.82) is 0 Å². The molecule has 4 nitrogen and oxygen atoms in total. The Labute approximate surface area is 95.6 Å². The highest BCUT2D eigenvalue weighted by molar-refractivity contribution is 5.81. The molecule has 1 amide bonds. The van der Waals surface area contributed by atoms with Gasteiger partial charge >= 0.3 is 12.1 Å². The summed E-state index contributed by atoms with van der Waals surface area (Å²) in [4.78, 5) is 10.4. The molecule has 0 aliphatic heterocycles. The van der Waals surface area contributed by atoms with E-state index in [0.717, 1.165) is 0 Å². The fourth-order valence-electron chi connectivity index (χ4n) is 0.998. The molecule has 3 N–H and O–H groups in total. The second kappa shape index (κ2) is 5.42. The number of anilines is 1. The van der Waals surface area contributed by atoms with Crippen molar-refractivity contribution in [1.82, 2.24) is 5.32 Å². The molecule has 0 radical (unpaired) electrons. The van der Waals surface area contributed by atoms with Crippen molar-refractivity contribution in [2.45, 2.75) is 6.18 Å². The number of hydrogen-bond acceptors (Lipinski definition) is 3. The van der Waals surface area contributed by atoms with Gasteiger partial charge in [0.1, 0.15) is 12.4 Å². The summed E-state index contributed by atoms with van der Waals surface area (Å²) < 4.78 is 40.4. The molecule has 0 atom stereocenters. The molecule has 7 heteroatoms. The number of nitrogens with two attached hydrogens (primary N) is 1. The van der Waals surface area contributed by atoms with E-state index in [1.165, 1.54) is 0 Å². The van der Waals surface area contributed by atoms with Crippen LogP contribution in [-0.2, 0) is 4.79 Å². The molecule has 0 heterocycles. The maximum atomic E-state index is 11.8. The summed E-state index contributed by atoms with van der Waals surface area (Å²) in [5.41, 5.74) is 5.99.